The van der Waals surface area contributed by atoms with Crippen LogP contribution < -0.4 is 16.9 Å². The van der Waals surface area contributed by atoms with Gasteiger partial charge < -0.3 is 0 Å². The van der Waals surface area contributed by atoms with Gasteiger partial charge in [-0.1, -0.05) is 0 Å². The molecule has 7 nitrogen and oxygen atoms in total. The summed E-state index contributed by atoms with van der Waals surface area (Å²) < 4.78 is 0. The lowest BCUT2D eigenvalue weighted by Gasteiger charge is -1.83. The third-order valence-corrected chi connectivity index (χ3v) is 1.42. The molecule has 0 radical (unpaired) electrons. The van der Waals surface area contributed by atoms with Crippen molar-refractivity contribution in [2.75, 3.05) is 0 Å². The van der Waals surface area contributed by atoms with Gasteiger partial charge in [0.25, 0.3) is 5.56 Å². The monoisotopic (exact) mass is 204 g/mol. The average molecular weight is 205 g/mol. The van der Waals surface area contributed by atoms with Crippen molar-refractivity contribution in [3.63, 3.8) is 0 Å². The van der Waals surface area contributed by atoms with Gasteiger partial charge in [-0.15, -0.1) is 12.4 Å². The van der Waals surface area contributed by atoms with Gasteiger partial charge in [0, 0.05) is 0 Å². The maximum atomic E-state index is 10.9. The standard InChI is InChI=1S/C5H4N4O3.ClH/c10-3-1-2(7-4(11)6-1)8-5(12)9-3;/h(H4,6,7,8,9,10,11,12);1H. The number of fused-ring (bicyclic) bond motifs is 1. The minimum atomic E-state index is -0.650. The zero-order valence-corrected chi connectivity index (χ0v) is 6.95. The van der Waals surface area contributed by atoms with Crippen molar-refractivity contribution in [3.05, 3.63) is 31.3 Å². The Labute approximate surface area is 75.6 Å². The van der Waals surface area contributed by atoms with Crippen molar-refractivity contribution < 1.29 is 0 Å². The fraction of sp³-hybridized carbons (Fsp3) is 0. The van der Waals surface area contributed by atoms with Crippen molar-refractivity contribution in [2.45, 2.75) is 0 Å². The Morgan fingerprint density at radius 1 is 0.769 bits per heavy atom. The fourth-order valence-electron chi connectivity index (χ4n) is 0.958. The van der Waals surface area contributed by atoms with Gasteiger partial charge in [-0.05, 0) is 0 Å². The fourth-order valence-corrected chi connectivity index (χ4v) is 0.958. The molecule has 2 rings (SSSR count). The SMILES string of the molecule is Cl.O=c1[nH]c(=O)c2[nH]c(=O)[nH]c2[nH]1. The van der Waals surface area contributed by atoms with Crippen LogP contribution in [0.4, 0.5) is 0 Å². The molecule has 0 bridgehead atoms. The topological polar surface area (TPSA) is 114 Å². The first-order valence-corrected chi connectivity index (χ1v) is 3.11. The summed E-state index contributed by atoms with van der Waals surface area (Å²) in [6.07, 6.45) is 0. The number of H-pyrrole nitrogens is 4. The zero-order valence-electron chi connectivity index (χ0n) is 6.13. The maximum absolute atomic E-state index is 10.9. The molecule has 0 spiro atoms. The highest BCUT2D eigenvalue weighted by Gasteiger charge is 2.02. The van der Waals surface area contributed by atoms with Crippen LogP contribution in [0.1, 0.15) is 0 Å². The largest absolute Gasteiger partial charge is 0.327 e. The minimum Gasteiger partial charge on any atom is -0.300 e. The van der Waals surface area contributed by atoms with E-state index in [-0.39, 0.29) is 23.6 Å². The Kier molecular flexibility index (Phi) is 2.11. The second-order valence-electron chi connectivity index (χ2n) is 2.24. The highest BCUT2D eigenvalue weighted by molar-refractivity contribution is 5.85. The van der Waals surface area contributed by atoms with E-state index in [1.54, 1.807) is 0 Å². The number of hydrogen-bond acceptors (Lipinski definition) is 3. The Morgan fingerprint density at radius 2 is 1.31 bits per heavy atom. The molecule has 0 unspecified atom stereocenters. The van der Waals surface area contributed by atoms with Crippen LogP contribution in [-0.2, 0) is 0 Å². The van der Waals surface area contributed by atoms with E-state index in [1.807, 2.05) is 4.98 Å². The van der Waals surface area contributed by atoms with Gasteiger partial charge >= 0.3 is 11.4 Å². The molecule has 0 aliphatic heterocycles. The highest BCUT2D eigenvalue weighted by atomic mass is 35.5. The quantitative estimate of drug-likeness (QED) is 0.426. The second-order valence-corrected chi connectivity index (χ2v) is 2.24. The number of rotatable bonds is 0. The van der Waals surface area contributed by atoms with Crippen LogP contribution in [-0.4, -0.2) is 19.9 Å². The Balaban J connectivity index is 0.000000845. The first-order valence-electron chi connectivity index (χ1n) is 3.11. The number of hydrogen-bond donors (Lipinski definition) is 4. The van der Waals surface area contributed by atoms with Crippen molar-refractivity contribution in [1.82, 2.24) is 19.9 Å². The van der Waals surface area contributed by atoms with Crippen LogP contribution in [0.3, 0.4) is 0 Å². The summed E-state index contributed by atoms with van der Waals surface area (Å²) >= 11 is 0. The van der Waals surface area contributed by atoms with Crippen LogP contribution in [0.15, 0.2) is 14.4 Å². The average Bonchev–Trinajstić information content (AvgIpc) is 2.29. The van der Waals surface area contributed by atoms with E-state index in [9.17, 15) is 14.4 Å². The lowest BCUT2D eigenvalue weighted by atomic mass is 10.5. The predicted molar refractivity (Wildman–Crippen MR) is 47.4 cm³/mol. The van der Waals surface area contributed by atoms with Crippen molar-refractivity contribution in [3.8, 4) is 0 Å². The van der Waals surface area contributed by atoms with E-state index in [4.69, 9.17) is 0 Å². The first-order chi connectivity index (χ1) is 5.66. The molecule has 0 saturated carbocycles. The van der Waals surface area contributed by atoms with Gasteiger partial charge in [-0.25, -0.2) is 9.59 Å². The number of aromatic nitrogens is 4. The van der Waals surface area contributed by atoms with Crippen molar-refractivity contribution >= 4 is 23.6 Å². The van der Waals surface area contributed by atoms with E-state index in [0.717, 1.165) is 0 Å². The lowest BCUT2D eigenvalue weighted by Crippen LogP contribution is -2.21. The molecule has 13 heavy (non-hydrogen) atoms. The summed E-state index contributed by atoms with van der Waals surface area (Å²) in [6.45, 7) is 0. The normalized spacial score (nSPS) is 9.85. The Morgan fingerprint density at radius 3 is 1.92 bits per heavy atom. The molecule has 2 aromatic heterocycles. The molecule has 0 fully saturated rings. The minimum absolute atomic E-state index is 0. The number of aromatic amines is 4. The first kappa shape index (κ1) is 9.33. The third-order valence-electron chi connectivity index (χ3n) is 1.42. The van der Waals surface area contributed by atoms with Gasteiger partial charge in [0.05, 0.1) is 0 Å². The van der Waals surface area contributed by atoms with Gasteiger partial charge in [0.15, 0.2) is 0 Å². The smallest absolute Gasteiger partial charge is 0.300 e. The zero-order chi connectivity index (χ0) is 8.72. The van der Waals surface area contributed by atoms with Crippen LogP contribution in [0.25, 0.3) is 11.2 Å². The number of nitrogens with one attached hydrogen (secondary N) is 4. The second kappa shape index (κ2) is 2.94. The Bertz CT molecular complexity index is 588. The molecule has 2 heterocycles. The summed E-state index contributed by atoms with van der Waals surface area (Å²) in [5, 5.41) is 0. The van der Waals surface area contributed by atoms with Gasteiger partial charge in [-0.2, -0.15) is 0 Å². The molecule has 4 N–H and O–H groups in total. The molecule has 0 amide bonds. The van der Waals surface area contributed by atoms with E-state index in [2.05, 4.69) is 15.0 Å². The van der Waals surface area contributed by atoms with Crippen LogP contribution in [0.2, 0.25) is 0 Å². The molecule has 0 saturated heterocycles. The predicted octanol–water partition coefficient (Wildman–Crippen LogP) is -1.35. The molecule has 0 aliphatic carbocycles. The maximum Gasteiger partial charge on any atom is 0.327 e. The molecule has 2 aromatic rings. The summed E-state index contributed by atoms with van der Waals surface area (Å²) in [5.41, 5.74) is -1.65. The summed E-state index contributed by atoms with van der Waals surface area (Å²) in [5.74, 6) is 0. The summed E-state index contributed by atoms with van der Waals surface area (Å²) in [7, 11) is 0. The van der Waals surface area contributed by atoms with Crippen LogP contribution in [0, 0.1) is 0 Å². The lowest BCUT2D eigenvalue weighted by molar-refractivity contribution is 1.07. The summed E-state index contributed by atoms with van der Waals surface area (Å²) in [4.78, 5) is 41.0. The molecule has 0 atom stereocenters. The van der Waals surface area contributed by atoms with Gasteiger partial charge in [0.1, 0.15) is 11.2 Å². The van der Waals surface area contributed by atoms with E-state index in [0.29, 0.717) is 0 Å². The number of imidazole rings is 1. The molecular formula is C5H5ClN4O3. The summed E-state index contributed by atoms with van der Waals surface area (Å²) in [6, 6.07) is 0. The van der Waals surface area contributed by atoms with Gasteiger partial charge in [-0.3, -0.25) is 24.7 Å². The van der Waals surface area contributed by atoms with Gasteiger partial charge in [0.2, 0.25) is 0 Å². The molecule has 0 aromatic carbocycles. The molecule has 0 aliphatic rings. The van der Waals surface area contributed by atoms with Crippen molar-refractivity contribution in [2.24, 2.45) is 0 Å². The molecule has 8 heteroatoms. The van der Waals surface area contributed by atoms with E-state index in [1.165, 1.54) is 0 Å². The van der Waals surface area contributed by atoms with Crippen LogP contribution >= 0.6 is 12.4 Å². The van der Waals surface area contributed by atoms with Crippen LogP contribution in [0.5, 0.6) is 0 Å². The number of halogens is 1. The molecular weight excluding hydrogens is 200 g/mol. The molecule has 70 valence electrons. The van der Waals surface area contributed by atoms with E-state index >= 15 is 0 Å². The third kappa shape index (κ3) is 1.41. The Hall–Kier alpha value is -1.76. The van der Waals surface area contributed by atoms with Crippen molar-refractivity contribution in [1.29, 1.82) is 0 Å². The highest BCUT2D eigenvalue weighted by Crippen LogP contribution is 1.88. The van der Waals surface area contributed by atoms with E-state index < -0.39 is 16.9 Å².